The van der Waals surface area contributed by atoms with E-state index in [4.69, 9.17) is 11.6 Å². The third-order valence-electron chi connectivity index (χ3n) is 2.72. The highest BCUT2D eigenvalue weighted by atomic mass is 79.9. The van der Waals surface area contributed by atoms with Gasteiger partial charge in [0, 0.05) is 23.9 Å². The molecule has 0 bridgehead atoms. The first kappa shape index (κ1) is 11.1. The Bertz CT molecular complexity index is 555. The van der Waals surface area contributed by atoms with Gasteiger partial charge in [0.1, 0.15) is 5.15 Å². The van der Waals surface area contributed by atoms with Crippen molar-refractivity contribution in [3.8, 4) is 11.4 Å². The summed E-state index contributed by atoms with van der Waals surface area (Å²) in [5.41, 5.74) is 1.91. The van der Waals surface area contributed by atoms with Gasteiger partial charge in [-0.05, 0) is 40.9 Å². The number of hydrogen-bond donors (Lipinski definition) is 0. The van der Waals surface area contributed by atoms with E-state index in [-0.39, 0.29) is 0 Å². The average Bonchev–Trinajstić information content (AvgIpc) is 3.18. The fourth-order valence-electron chi connectivity index (χ4n) is 1.69. The summed E-state index contributed by atoms with van der Waals surface area (Å²) in [6.45, 7) is 0. The minimum absolute atomic E-state index is 0.473. The van der Waals surface area contributed by atoms with Crippen LogP contribution in [0.3, 0.4) is 0 Å². The van der Waals surface area contributed by atoms with Crippen molar-refractivity contribution < 1.29 is 0 Å². The Kier molecular flexibility index (Phi) is 2.84. The third-order valence-corrected chi connectivity index (χ3v) is 4.00. The van der Waals surface area contributed by atoms with E-state index in [0.29, 0.717) is 16.9 Å². The van der Waals surface area contributed by atoms with Crippen molar-refractivity contribution in [3.05, 3.63) is 39.8 Å². The van der Waals surface area contributed by atoms with E-state index in [2.05, 4.69) is 30.9 Å². The van der Waals surface area contributed by atoms with Crippen LogP contribution in [0.25, 0.3) is 11.4 Å². The van der Waals surface area contributed by atoms with Crippen molar-refractivity contribution in [2.24, 2.45) is 0 Å². The second-order valence-corrected chi connectivity index (χ2v) is 5.20. The van der Waals surface area contributed by atoms with Crippen LogP contribution < -0.4 is 0 Å². The molecule has 1 saturated carbocycles. The number of pyridine rings is 1. The summed E-state index contributed by atoms with van der Waals surface area (Å²) in [7, 11) is 0. The highest BCUT2D eigenvalue weighted by molar-refractivity contribution is 9.10. The molecule has 0 radical (unpaired) electrons. The maximum absolute atomic E-state index is 6.12. The van der Waals surface area contributed by atoms with Gasteiger partial charge in [-0.25, -0.2) is 9.97 Å². The molecular formula is C12H9BrClN3. The van der Waals surface area contributed by atoms with Gasteiger partial charge in [0.05, 0.1) is 10.2 Å². The predicted molar refractivity (Wildman–Crippen MR) is 69.9 cm³/mol. The first-order valence-corrected chi connectivity index (χ1v) is 6.56. The summed E-state index contributed by atoms with van der Waals surface area (Å²) >= 11 is 9.58. The molecule has 2 heterocycles. The molecule has 2 aromatic rings. The fourth-order valence-corrected chi connectivity index (χ4v) is 2.37. The zero-order valence-corrected chi connectivity index (χ0v) is 11.2. The quantitative estimate of drug-likeness (QED) is 0.791. The lowest BCUT2D eigenvalue weighted by Crippen LogP contribution is -1.97. The van der Waals surface area contributed by atoms with Gasteiger partial charge in [-0.1, -0.05) is 11.6 Å². The molecule has 2 aromatic heterocycles. The van der Waals surface area contributed by atoms with Crippen LogP contribution in [0, 0.1) is 0 Å². The molecule has 86 valence electrons. The average molecular weight is 311 g/mol. The molecule has 1 fully saturated rings. The highest BCUT2D eigenvalue weighted by Crippen LogP contribution is 2.44. The van der Waals surface area contributed by atoms with Crippen molar-refractivity contribution in [2.45, 2.75) is 18.8 Å². The van der Waals surface area contributed by atoms with E-state index in [0.717, 1.165) is 15.7 Å². The lowest BCUT2D eigenvalue weighted by molar-refractivity contribution is 0.978. The first-order valence-electron chi connectivity index (χ1n) is 5.39. The zero-order chi connectivity index (χ0) is 11.8. The molecule has 0 aliphatic heterocycles. The van der Waals surface area contributed by atoms with E-state index in [9.17, 15) is 0 Å². The van der Waals surface area contributed by atoms with Crippen molar-refractivity contribution in [1.29, 1.82) is 0 Å². The molecule has 0 saturated heterocycles. The van der Waals surface area contributed by atoms with E-state index in [1.165, 1.54) is 12.8 Å². The Morgan fingerprint density at radius 2 is 2.12 bits per heavy atom. The number of rotatable bonds is 2. The van der Waals surface area contributed by atoms with Gasteiger partial charge in [-0.3, -0.25) is 4.98 Å². The van der Waals surface area contributed by atoms with Gasteiger partial charge in [-0.15, -0.1) is 0 Å². The number of aromatic nitrogens is 3. The molecule has 0 unspecified atom stereocenters. The SMILES string of the molecule is Clc1nc(-c2cccnc2)nc(C2CC2)c1Br. The van der Waals surface area contributed by atoms with Crippen LogP contribution in [0.2, 0.25) is 5.15 Å². The third kappa shape index (κ3) is 2.19. The van der Waals surface area contributed by atoms with Gasteiger partial charge in [0.15, 0.2) is 5.82 Å². The zero-order valence-electron chi connectivity index (χ0n) is 8.90. The van der Waals surface area contributed by atoms with Crippen LogP contribution >= 0.6 is 27.5 Å². The number of halogens is 2. The van der Waals surface area contributed by atoms with Gasteiger partial charge in [-0.2, -0.15) is 0 Å². The summed E-state index contributed by atoms with van der Waals surface area (Å²) < 4.78 is 0.828. The first-order chi connectivity index (χ1) is 8.25. The Labute approximate surface area is 112 Å². The second-order valence-electron chi connectivity index (χ2n) is 4.05. The lowest BCUT2D eigenvalue weighted by atomic mass is 10.2. The van der Waals surface area contributed by atoms with E-state index in [1.54, 1.807) is 12.4 Å². The van der Waals surface area contributed by atoms with Crippen molar-refractivity contribution in [3.63, 3.8) is 0 Å². The molecular weight excluding hydrogens is 302 g/mol. The van der Waals surface area contributed by atoms with Crippen molar-refractivity contribution in [1.82, 2.24) is 15.0 Å². The van der Waals surface area contributed by atoms with Crippen LogP contribution in [0.15, 0.2) is 29.0 Å². The molecule has 0 amide bonds. The summed E-state index contributed by atoms with van der Waals surface area (Å²) in [4.78, 5) is 12.9. The lowest BCUT2D eigenvalue weighted by Gasteiger charge is -2.06. The van der Waals surface area contributed by atoms with Crippen LogP contribution in [0.4, 0.5) is 0 Å². The molecule has 0 aromatic carbocycles. The summed E-state index contributed by atoms with van der Waals surface area (Å²) in [6, 6.07) is 3.80. The summed E-state index contributed by atoms with van der Waals surface area (Å²) in [5, 5.41) is 0.473. The predicted octanol–water partition coefficient (Wildman–Crippen LogP) is 3.83. The van der Waals surface area contributed by atoms with Crippen LogP contribution in [0.5, 0.6) is 0 Å². The van der Waals surface area contributed by atoms with Gasteiger partial charge >= 0.3 is 0 Å². The second kappa shape index (κ2) is 4.35. The Morgan fingerprint density at radius 1 is 1.29 bits per heavy atom. The summed E-state index contributed by atoms with van der Waals surface area (Å²) in [5.74, 6) is 1.17. The summed E-state index contributed by atoms with van der Waals surface area (Å²) in [6.07, 6.45) is 5.83. The molecule has 0 N–H and O–H groups in total. The number of nitrogens with zero attached hydrogens (tertiary/aromatic N) is 3. The monoisotopic (exact) mass is 309 g/mol. The molecule has 1 aliphatic rings. The molecule has 5 heteroatoms. The van der Waals surface area contributed by atoms with E-state index < -0.39 is 0 Å². The van der Waals surface area contributed by atoms with Gasteiger partial charge in [0.25, 0.3) is 0 Å². The van der Waals surface area contributed by atoms with E-state index in [1.807, 2.05) is 12.1 Å². The highest BCUT2D eigenvalue weighted by Gasteiger charge is 2.29. The fraction of sp³-hybridized carbons (Fsp3) is 0.250. The minimum Gasteiger partial charge on any atom is -0.264 e. The Morgan fingerprint density at radius 3 is 2.76 bits per heavy atom. The number of hydrogen-bond acceptors (Lipinski definition) is 3. The molecule has 3 rings (SSSR count). The van der Waals surface area contributed by atoms with Crippen LogP contribution in [-0.4, -0.2) is 15.0 Å². The maximum atomic E-state index is 6.12. The van der Waals surface area contributed by atoms with Crippen LogP contribution in [-0.2, 0) is 0 Å². The molecule has 0 atom stereocenters. The minimum atomic E-state index is 0.473. The maximum Gasteiger partial charge on any atom is 0.162 e. The Hall–Kier alpha value is -1.00. The van der Waals surface area contributed by atoms with Crippen LogP contribution in [0.1, 0.15) is 24.5 Å². The van der Waals surface area contributed by atoms with E-state index >= 15 is 0 Å². The normalized spacial score (nSPS) is 14.9. The standard InChI is InChI=1S/C12H9BrClN3/c13-9-10(7-3-4-7)16-12(17-11(9)14)8-2-1-5-15-6-8/h1-2,5-7H,3-4H2. The van der Waals surface area contributed by atoms with Crippen molar-refractivity contribution in [2.75, 3.05) is 0 Å². The Balaban J connectivity index is 2.12. The largest absolute Gasteiger partial charge is 0.264 e. The van der Waals surface area contributed by atoms with Gasteiger partial charge < -0.3 is 0 Å². The van der Waals surface area contributed by atoms with Gasteiger partial charge in [0.2, 0.25) is 0 Å². The smallest absolute Gasteiger partial charge is 0.162 e. The topological polar surface area (TPSA) is 38.7 Å². The molecule has 1 aliphatic carbocycles. The molecule has 0 spiro atoms. The molecule has 3 nitrogen and oxygen atoms in total. The molecule has 17 heavy (non-hydrogen) atoms. The van der Waals surface area contributed by atoms with Crippen molar-refractivity contribution >= 4 is 27.5 Å².